The van der Waals surface area contributed by atoms with Crippen LogP contribution in [0.3, 0.4) is 0 Å². The summed E-state index contributed by atoms with van der Waals surface area (Å²) >= 11 is 0. The number of nitrogens with one attached hydrogen (secondary N) is 1. The van der Waals surface area contributed by atoms with Crippen LogP contribution in [-0.4, -0.2) is 74.2 Å². The Balaban J connectivity index is 0.00000132. The molecule has 0 aromatic heterocycles. The molecule has 3 aliphatic rings. The smallest absolute Gasteiger partial charge is 0.222 e. The summed E-state index contributed by atoms with van der Waals surface area (Å²) in [5.74, 6) is 0.987. The van der Waals surface area contributed by atoms with Gasteiger partial charge in [0, 0.05) is 51.9 Å². The molecule has 0 aromatic rings. The summed E-state index contributed by atoms with van der Waals surface area (Å²) in [5, 5.41) is 3.37. The van der Waals surface area contributed by atoms with Crippen molar-refractivity contribution in [3.05, 3.63) is 0 Å². The van der Waals surface area contributed by atoms with Crippen molar-refractivity contribution in [3.8, 4) is 0 Å². The average molecular weight is 368 g/mol. The Kier molecular flexibility index (Phi) is 9.78. The summed E-state index contributed by atoms with van der Waals surface area (Å²) in [7, 11) is 0. The number of halogens is 2. The van der Waals surface area contributed by atoms with Crippen LogP contribution in [0.4, 0.5) is 0 Å². The Bertz CT molecular complexity index is 340. The number of piperazine rings is 1. The fourth-order valence-corrected chi connectivity index (χ4v) is 3.85. The first kappa shape index (κ1) is 21.0. The monoisotopic (exact) mass is 367 g/mol. The van der Waals surface area contributed by atoms with E-state index in [9.17, 15) is 4.79 Å². The predicted molar refractivity (Wildman–Crippen MR) is 96.7 cm³/mol. The summed E-state index contributed by atoms with van der Waals surface area (Å²) < 4.78 is 5.44. The van der Waals surface area contributed by atoms with E-state index in [1.54, 1.807) is 0 Å². The Labute approximate surface area is 152 Å². The Morgan fingerprint density at radius 1 is 0.957 bits per heavy atom. The van der Waals surface area contributed by atoms with Crippen LogP contribution in [0.15, 0.2) is 0 Å². The third-order valence-corrected chi connectivity index (χ3v) is 5.30. The van der Waals surface area contributed by atoms with E-state index in [1.807, 2.05) is 0 Å². The second-order valence-electron chi connectivity index (χ2n) is 6.66. The van der Waals surface area contributed by atoms with Gasteiger partial charge in [-0.2, -0.15) is 0 Å². The molecule has 0 spiro atoms. The van der Waals surface area contributed by atoms with Gasteiger partial charge >= 0.3 is 0 Å². The maximum atomic E-state index is 12.4. The van der Waals surface area contributed by atoms with E-state index in [-0.39, 0.29) is 24.8 Å². The lowest BCUT2D eigenvalue weighted by Gasteiger charge is -2.41. The molecule has 0 unspecified atom stereocenters. The fraction of sp³-hybridized carbons (Fsp3) is 0.938. The van der Waals surface area contributed by atoms with Crippen LogP contribution in [0.25, 0.3) is 0 Å². The van der Waals surface area contributed by atoms with Gasteiger partial charge in [-0.3, -0.25) is 9.69 Å². The van der Waals surface area contributed by atoms with Crippen molar-refractivity contribution in [2.45, 2.75) is 38.1 Å². The van der Waals surface area contributed by atoms with Gasteiger partial charge in [-0.15, -0.1) is 24.8 Å². The molecule has 3 fully saturated rings. The molecule has 3 rings (SSSR count). The van der Waals surface area contributed by atoms with Crippen molar-refractivity contribution < 1.29 is 9.53 Å². The van der Waals surface area contributed by atoms with Crippen LogP contribution in [0.2, 0.25) is 0 Å². The molecule has 1 amide bonds. The van der Waals surface area contributed by atoms with Crippen molar-refractivity contribution in [1.82, 2.24) is 15.1 Å². The quantitative estimate of drug-likeness (QED) is 0.821. The molecule has 0 aliphatic carbocycles. The zero-order chi connectivity index (χ0) is 14.5. The maximum absolute atomic E-state index is 12.4. The summed E-state index contributed by atoms with van der Waals surface area (Å²) in [6.07, 6.45) is 5.40. The topological polar surface area (TPSA) is 44.8 Å². The van der Waals surface area contributed by atoms with Crippen LogP contribution in [-0.2, 0) is 9.53 Å². The van der Waals surface area contributed by atoms with Crippen LogP contribution >= 0.6 is 24.8 Å². The highest BCUT2D eigenvalue weighted by Crippen LogP contribution is 2.20. The molecule has 7 heteroatoms. The fourth-order valence-electron chi connectivity index (χ4n) is 3.85. The average Bonchev–Trinajstić information content (AvgIpc) is 2.57. The van der Waals surface area contributed by atoms with E-state index in [0.29, 0.717) is 17.9 Å². The summed E-state index contributed by atoms with van der Waals surface area (Å²) in [5.41, 5.74) is 0. The van der Waals surface area contributed by atoms with Crippen LogP contribution in [0.5, 0.6) is 0 Å². The zero-order valence-electron chi connectivity index (χ0n) is 13.9. The Morgan fingerprint density at radius 3 is 2.17 bits per heavy atom. The number of rotatable bonds is 3. The van der Waals surface area contributed by atoms with Gasteiger partial charge in [0.1, 0.15) is 0 Å². The third-order valence-electron chi connectivity index (χ3n) is 5.30. The number of hydrogen-bond donors (Lipinski definition) is 1. The second-order valence-corrected chi connectivity index (χ2v) is 6.66. The van der Waals surface area contributed by atoms with Gasteiger partial charge < -0.3 is 15.0 Å². The lowest BCUT2D eigenvalue weighted by molar-refractivity contribution is -0.134. The maximum Gasteiger partial charge on any atom is 0.222 e. The molecule has 5 nitrogen and oxygen atoms in total. The van der Waals surface area contributed by atoms with Crippen LogP contribution < -0.4 is 5.32 Å². The molecule has 0 saturated carbocycles. The van der Waals surface area contributed by atoms with Gasteiger partial charge in [0.25, 0.3) is 0 Å². The van der Waals surface area contributed by atoms with Crippen molar-refractivity contribution in [3.63, 3.8) is 0 Å². The predicted octanol–water partition coefficient (Wildman–Crippen LogP) is 1.54. The molecule has 3 aliphatic heterocycles. The molecule has 23 heavy (non-hydrogen) atoms. The van der Waals surface area contributed by atoms with Gasteiger partial charge in [-0.05, 0) is 44.7 Å². The van der Waals surface area contributed by atoms with E-state index >= 15 is 0 Å². The summed E-state index contributed by atoms with van der Waals surface area (Å²) in [6.45, 7) is 7.89. The molecule has 0 aromatic carbocycles. The normalized spacial score (nSPS) is 24.6. The van der Waals surface area contributed by atoms with E-state index in [2.05, 4.69) is 15.1 Å². The Morgan fingerprint density at radius 2 is 1.57 bits per heavy atom. The SMILES string of the molecule is Cl.Cl.O=C(CC1CCNCC1)N1CCN(C2CCOCC2)CC1. The molecule has 136 valence electrons. The molecule has 3 saturated heterocycles. The standard InChI is InChI=1S/C16H29N3O2.2ClH/c20-16(13-14-1-5-17-6-2-14)19-9-7-18(8-10-19)15-3-11-21-12-4-15;;/h14-15,17H,1-13H2;2*1H. The van der Waals surface area contributed by atoms with E-state index in [4.69, 9.17) is 4.74 Å². The van der Waals surface area contributed by atoms with Crippen molar-refractivity contribution >= 4 is 30.7 Å². The highest BCUT2D eigenvalue weighted by Gasteiger charge is 2.28. The molecule has 0 atom stereocenters. The number of hydrogen-bond acceptors (Lipinski definition) is 4. The van der Waals surface area contributed by atoms with Crippen molar-refractivity contribution in [1.29, 1.82) is 0 Å². The summed E-state index contributed by atoms with van der Waals surface area (Å²) in [4.78, 5) is 17.1. The van der Waals surface area contributed by atoms with Gasteiger partial charge in [0.05, 0.1) is 0 Å². The summed E-state index contributed by atoms with van der Waals surface area (Å²) in [6, 6.07) is 0.681. The van der Waals surface area contributed by atoms with Crippen molar-refractivity contribution in [2.75, 3.05) is 52.5 Å². The Hall–Kier alpha value is -0.0700. The van der Waals surface area contributed by atoms with Gasteiger partial charge in [0.15, 0.2) is 0 Å². The molecular formula is C16H31Cl2N3O2. The van der Waals surface area contributed by atoms with Gasteiger partial charge in [-0.1, -0.05) is 0 Å². The van der Waals surface area contributed by atoms with Crippen LogP contribution in [0, 0.1) is 5.92 Å². The van der Waals surface area contributed by atoms with E-state index < -0.39 is 0 Å². The number of nitrogens with zero attached hydrogens (tertiary/aromatic N) is 2. The van der Waals surface area contributed by atoms with Crippen molar-refractivity contribution in [2.24, 2.45) is 5.92 Å². The van der Waals surface area contributed by atoms with E-state index in [1.165, 1.54) is 0 Å². The number of ether oxygens (including phenoxy) is 1. The lowest BCUT2D eigenvalue weighted by atomic mass is 9.94. The second kappa shape index (κ2) is 10.7. The highest BCUT2D eigenvalue weighted by molar-refractivity contribution is 5.85. The lowest BCUT2D eigenvalue weighted by Crippen LogP contribution is -2.53. The molecule has 0 radical (unpaired) electrons. The minimum absolute atomic E-state index is 0. The number of amides is 1. The number of carbonyl (C=O) groups is 1. The molecule has 1 N–H and O–H groups in total. The van der Waals surface area contributed by atoms with Gasteiger partial charge in [0.2, 0.25) is 5.91 Å². The number of piperidine rings is 1. The third kappa shape index (κ3) is 6.05. The molecular weight excluding hydrogens is 337 g/mol. The molecule has 3 heterocycles. The first-order chi connectivity index (χ1) is 10.3. The first-order valence-electron chi connectivity index (χ1n) is 8.63. The molecule has 0 bridgehead atoms. The minimum atomic E-state index is 0. The van der Waals surface area contributed by atoms with E-state index in [0.717, 1.165) is 84.6 Å². The first-order valence-corrected chi connectivity index (χ1v) is 8.63. The minimum Gasteiger partial charge on any atom is -0.381 e. The van der Waals surface area contributed by atoms with Gasteiger partial charge in [-0.25, -0.2) is 0 Å². The van der Waals surface area contributed by atoms with Crippen LogP contribution in [0.1, 0.15) is 32.1 Å². The number of carbonyl (C=O) groups excluding carboxylic acids is 1. The largest absolute Gasteiger partial charge is 0.381 e. The highest BCUT2D eigenvalue weighted by atomic mass is 35.5. The zero-order valence-corrected chi connectivity index (χ0v) is 15.5.